The minimum absolute atomic E-state index is 0.113. The molecule has 0 bridgehead atoms. The Morgan fingerprint density at radius 1 is 1.00 bits per heavy atom. The summed E-state index contributed by atoms with van der Waals surface area (Å²) in [6, 6.07) is 20.1. The van der Waals surface area contributed by atoms with E-state index in [0.717, 1.165) is 17.3 Å². The van der Waals surface area contributed by atoms with Crippen molar-refractivity contribution in [3.05, 3.63) is 100 Å². The fourth-order valence-corrected chi connectivity index (χ4v) is 6.15. The van der Waals surface area contributed by atoms with Crippen LogP contribution >= 0.6 is 0 Å². The molecule has 2 aromatic carbocycles. The summed E-state index contributed by atoms with van der Waals surface area (Å²) < 4.78 is 12.8. The van der Waals surface area contributed by atoms with Gasteiger partial charge in [0.1, 0.15) is 13.3 Å². The van der Waals surface area contributed by atoms with Crippen LogP contribution in [0.4, 0.5) is 10.5 Å². The Kier molecular flexibility index (Phi) is 10.0. The summed E-state index contributed by atoms with van der Waals surface area (Å²) in [5.74, 6) is 0.560. The molecule has 1 fully saturated rings. The van der Waals surface area contributed by atoms with Crippen LogP contribution in [0.2, 0.25) is 25.7 Å². The number of rotatable bonds is 11. The third-order valence-corrected chi connectivity index (χ3v) is 9.73. The molecule has 226 valence electrons. The van der Waals surface area contributed by atoms with Crippen molar-refractivity contribution in [1.82, 2.24) is 14.8 Å². The second-order valence-corrected chi connectivity index (χ2v) is 18.2. The van der Waals surface area contributed by atoms with Gasteiger partial charge in [-0.05, 0) is 60.2 Å². The number of benzene rings is 2. The summed E-state index contributed by atoms with van der Waals surface area (Å²) in [4.78, 5) is 32.9. The van der Waals surface area contributed by atoms with E-state index in [4.69, 9.17) is 14.5 Å². The van der Waals surface area contributed by atoms with Gasteiger partial charge in [-0.1, -0.05) is 75.3 Å². The monoisotopic (exact) mass is 598 g/mol. The minimum Gasteiger partial charge on any atom is -0.444 e. The Balaban J connectivity index is 1.36. The number of ether oxygens (including phenoxy) is 2. The highest BCUT2D eigenvalue weighted by Crippen LogP contribution is 2.32. The number of anilines is 1. The van der Waals surface area contributed by atoms with Crippen LogP contribution in [0.1, 0.15) is 54.8 Å². The highest BCUT2D eigenvalue weighted by molar-refractivity contribution is 6.76. The summed E-state index contributed by atoms with van der Waals surface area (Å²) in [6.45, 7) is 7.98. The van der Waals surface area contributed by atoms with Gasteiger partial charge < -0.3 is 9.47 Å². The molecular weight excluding hydrogens is 556 g/mol. The number of aromatic nitrogens is 3. The topological polar surface area (TPSA) is 86.6 Å². The zero-order chi connectivity index (χ0) is 30.2. The zero-order valence-electron chi connectivity index (χ0n) is 25.5. The number of carbonyl (C=O) groups is 1. The lowest BCUT2D eigenvalue weighted by Gasteiger charge is -2.24. The lowest BCUT2D eigenvalue weighted by Crippen LogP contribution is -2.31. The maximum atomic E-state index is 13.5. The fourth-order valence-electron chi connectivity index (χ4n) is 5.39. The summed E-state index contributed by atoms with van der Waals surface area (Å²) in [5, 5.41) is 5.50. The first-order chi connectivity index (χ1) is 20.8. The van der Waals surface area contributed by atoms with Crippen LogP contribution in [-0.2, 0) is 29.4 Å². The van der Waals surface area contributed by atoms with Crippen molar-refractivity contribution in [3.63, 3.8) is 0 Å². The smallest absolute Gasteiger partial charge is 0.414 e. The van der Waals surface area contributed by atoms with Gasteiger partial charge in [-0.2, -0.15) is 5.10 Å². The number of amides is 1. The van der Waals surface area contributed by atoms with Crippen molar-refractivity contribution >= 4 is 30.6 Å². The first-order valence-corrected chi connectivity index (χ1v) is 19.0. The largest absolute Gasteiger partial charge is 0.444 e. The van der Waals surface area contributed by atoms with Crippen LogP contribution in [-0.4, -0.2) is 35.5 Å². The van der Waals surface area contributed by atoms with Gasteiger partial charge in [0, 0.05) is 32.0 Å². The maximum absolute atomic E-state index is 13.5. The van der Waals surface area contributed by atoms with Gasteiger partial charge in [0.2, 0.25) is 0 Å². The van der Waals surface area contributed by atoms with Gasteiger partial charge in [0.15, 0.2) is 0 Å². The number of carbonyl (C=O) groups excluding carboxylic acids is 1. The molecule has 2 heterocycles. The summed E-state index contributed by atoms with van der Waals surface area (Å²) in [5.41, 5.74) is 3.31. The second-order valence-electron chi connectivity index (χ2n) is 12.6. The fraction of sp³-hybridized carbons (Fsp3) is 0.412. The molecule has 0 atom stereocenters. The van der Waals surface area contributed by atoms with E-state index in [0.29, 0.717) is 29.0 Å². The van der Waals surface area contributed by atoms with Crippen LogP contribution in [0.15, 0.2) is 77.9 Å². The van der Waals surface area contributed by atoms with Crippen molar-refractivity contribution in [3.8, 4) is 0 Å². The predicted octanol–water partition coefficient (Wildman–Crippen LogP) is 7.49. The molecule has 0 N–H and O–H groups in total. The van der Waals surface area contributed by atoms with Crippen LogP contribution in [0.25, 0.3) is 10.8 Å². The van der Waals surface area contributed by atoms with Crippen LogP contribution in [0.5, 0.6) is 0 Å². The molecule has 0 unspecified atom stereocenters. The summed E-state index contributed by atoms with van der Waals surface area (Å²) >= 11 is 0. The maximum Gasteiger partial charge on any atom is 0.414 e. The normalized spacial score (nSPS) is 14.1. The first kappa shape index (κ1) is 30.6. The highest BCUT2D eigenvalue weighted by atomic mass is 28.3. The van der Waals surface area contributed by atoms with Crippen molar-refractivity contribution in [2.24, 2.45) is 0 Å². The van der Waals surface area contributed by atoms with Crippen molar-refractivity contribution in [2.45, 2.75) is 83.6 Å². The average molecular weight is 599 g/mol. The molecule has 8 nitrogen and oxygen atoms in total. The Hall–Kier alpha value is -3.82. The standard InChI is InChI=1S/C34H42N4O4Si/c1-43(2,3)19-18-41-25-38-33(39)32-17-16-31(20-29(32)22-36-38)37(34(40)42-24-26-10-6-4-7-11-26)23-30-15-14-28(21-35-30)27-12-8-5-9-13-27/h4,6-7,10-11,14-17,20-22,27H,5,8-9,12-13,18-19,23-25H2,1-3H3. The Bertz CT molecular complexity index is 1560. The van der Waals surface area contributed by atoms with Crippen LogP contribution in [0, 0.1) is 0 Å². The first-order valence-electron chi connectivity index (χ1n) is 15.3. The van der Waals surface area contributed by atoms with E-state index in [-0.39, 0.29) is 25.4 Å². The van der Waals surface area contributed by atoms with Gasteiger partial charge in [0.25, 0.3) is 5.56 Å². The van der Waals surface area contributed by atoms with E-state index in [1.54, 1.807) is 29.3 Å². The van der Waals surface area contributed by atoms with E-state index in [2.05, 4.69) is 30.8 Å². The quantitative estimate of drug-likeness (QED) is 0.131. The molecule has 0 spiro atoms. The molecule has 5 rings (SSSR count). The molecule has 1 amide bonds. The second kappa shape index (κ2) is 14.1. The molecule has 2 aromatic heterocycles. The lowest BCUT2D eigenvalue weighted by atomic mass is 9.85. The van der Waals surface area contributed by atoms with E-state index in [1.807, 2.05) is 42.6 Å². The van der Waals surface area contributed by atoms with E-state index in [1.165, 1.54) is 42.3 Å². The van der Waals surface area contributed by atoms with Crippen molar-refractivity contribution in [1.29, 1.82) is 0 Å². The van der Waals surface area contributed by atoms with Gasteiger partial charge in [-0.15, -0.1) is 0 Å². The molecule has 1 saturated carbocycles. The molecule has 1 aliphatic rings. The molecule has 0 saturated heterocycles. The lowest BCUT2D eigenvalue weighted by molar-refractivity contribution is 0.0754. The van der Waals surface area contributed by atoms with Gasteiger partial charge in [-0.25, -0.2) is 9.48 Å². The van der Waals surface area contributed by atoms with Gasteiger partial charge in [0.05, 0.1) is 23.8 Å². The number of hydrogen-bond acceptors (Lipinski definition) is 6. The van der Waals surface area contributed by atoms with E-state index in [9.17, 15) is 9.59 Å². The predicted molar refractivity (Wildman–Crippen MR) is 173 cm³/mol. The molecule has 4 aromatic rings. The number of hydrogen-bond donors (Lipinski definition) is 0. The molecule has 43 heavy (non-hydrogen) atoms. The Labute approximate surface area is 254 Å². The molecule has 9 heteroatoms. The molecular formula is C34H42N4O4Si. The van der Waals surface area contributed by atoms with Crippen molar-refractivity contribution in [2.75, 3.05) is 11.5 Å². The molecule has 1 aliphatic carbocycles. The van der Waals surface area contributed by atoms with Gasteiger partial charge >= 0.3 is 6.09 Å². The van der Waals surface area contributed by atoms with E-state index >= 15 is 0 Å². The third kappa shape index (κ3) is 8.39. The molecule has 0 radical (unpaired) electrons. The minimum atomic E-state index is -1.22. The molecule has 0 aliphatic heterocycles. The van der Waals surface area contributed by atoms with E-state index < -0.39 is 14.2 Å². The SMILES string of the molecule is C[Si](C)(C)CCOCn1ncc2cc(N(Cc3ccc(C4CCCCC4)cn3)C(=O)OCc3ccccc3)ccc2c1=O. The highest BCUT2D eigenvalue weighted by Gasteiger charge is 2.21. The Morgan fingerprint density at radius 3 is 2.51 bits per heavy atom. The number of nitrogens with zero attached hydrogens (tertiary/aromatic N) is 4. The van der Waals surface area contributed by atoms with Crippen LogP contribution in [0.3, 0.4) is 0 Å². The van der Waals surface area contributed by atoms with Gasteiger partial charge in [-0.3, -0.25) is 14.7 Å². The van der Waals surface area contributed by atoms with Crippen molar-refractivity contribution < 1.29 is 14.3 Å². The number of fused-ring (bicyclic) bond motifs is 1. The Morgan fingerprint density at radius 2 is 1.79 bits per heavy atom. The number of pyridine rings is 1. The summed E-state index contributed by atoms with van der Waals surface area (Å²) in [6.07, 6.45) is 9.36. The summed E-state index contributed by atoms with van der Waals surface area (Å²) in [7, 11) is -1.22. The zero-order valence-corrected chi connectivity index (χ0v) is 26.5. The van der Waals surface area contributed by atoms with Crippen LogP contribution < -0.4 is 10.5 Å². The average Bonchev–Trinajstić information content (AvgIpc) is 3.02. The third-order valence-electron chi connectivity index (χ3n) is 8.03.